The van der Waals surface area contributed by atoms with E-state index in [4.69, 9.17) is 4.98 Å². The first-order valence-corrected chi connectivity index (χ1v) is 9.37. The maximum Gasteiger partial charge on any atom is 0.250 e. The summed E-state index contributed by atoms with van der Waals surface area (Å²) in [6, 6.07) is 15.7. The van der Waals surface area contributed by atoms with Gasteiger partial charge in [-0.15, -0.1) is 0 Å². The average molecular weight is 355 g/mol. The molecule has 0 atom stereocenters. The Balaban J connectivity index is 2.07. The van der Waals surface area contributed by atoms with Gasteiger partial charge in [0.25, 0.3) is 0 Å². The molecule has 4 heteroatoms. The van der Waals surface area contributed by atoms with E-state index in [9.17, 15) is 10.1 Å². The third-order valence-electron chi connectivity index (χ3n) is 5.26. The lowest BCUT2D eigenvalue weighted by Crippen LogP contribution is -2.15. The minimum absolute atomic E-state index is 0.0549. The predicted octanol–water partition coefficient (Wildman–Crippen LogP) is 4.25. The third-order valence-corrected chi connectivity index (χ3v) is 5.26. The Bertz CT molecular complexity index is 1090. The molecule has 0 saturated carbocycles. The van der Waals surface area contributed by atoms with Crippen LogP contribution in [0.3, 0.4) is 0 Å². The molecule has 0 radical (unpaired) electrons. The van der Waals surface area contributed by atoms with Crippen molar-refractivity contribution in [1.29, 1.82) is 5.26 Å². The van der Waals surface area contributed by atoms with Crippen molar-refractivity contribution in [2.45, 2.75) is 32.1 Å². The molecule has 4 rings (SSSR count). The van der Waals surface area contributed by atoms with Gasteiger partial charge in [-0.1, -0.05) is 36.8 Å². The third kappa shape index (κ3) is 3.17. The normalized spacial score (nSPS) is 13.5. The molecule has 2 aromatic heterocycles. The maximum absolute atomic E-state index is 11.9. The molecule has 0 spiro atoms. The second-order valence-electron chi connectivity index (χ2n) is 7.04. The van der Waals surface area contributed by atoms with E-state index in [-0.39, 0.29) is 5.56 Å². The van der Waals surface area contributed by atoms with Crippen molar-refractivity contribution in [3.8, 4) is 28.5 Å². The number of rotatable bonds is 2. The largest absolute Gasteiger partial charge is 0.318 e. The molecule has 0 bridgehead atoms. The first kappa shape index (κ1) is 17.2. The van der Waals surface area contributed by atoms with Crippen LogP contribution >= 0.6 is 0 Å². The minimum Gasteiger partial charge on any atom is -0.318 e. The Morgan fingerprint density at radius 3 is 2.52 bits per heavy atom. The molecule has 1 aliphatic carbocycles. The molecule has 4 nitrogen and oxygen atoms in total. The molecule has 2 heterocycles. The number of nitriles is 1. The highest BCUT2D eigenvalue weighted by Gasteiger charge is 2.23. The van der Waals surface area contributed by atoms with Gasteiger partial charge in [0.05, 0.1) is 11.3 Å². The number of benzene rings is 1. The van der Waals surface area contributed by atoms with Crippen LogP contribution in [0.2, 0.25) is 0 Å². The molecule has 0 fully saturated rings. The van der Waals surface area contributed by atoms with Crippen LogP contribution in [0.25, 0.3) is 22.4 Å². The van der Waals surface area contributed by atoms with Gasteiger partial charge in [-0.3, -0.25) is 9.78 Å². The topological polar surface area (TPSA) is 58.7 Å². The number of aryl methyl sites for hydroxylation is 2. The van der Waals surface area contributed by atoms with Crippen LogP contribution in [0.5, 0.6) is 0 Å². The fourth-order valence-electron chi connectivity index (χ4n) is 3.89. The number of hydrogen-bond acceptors (Lipinski definition) is 3. The molecule has 0 unspecified atom stereocenters. The molecular formula is C23H21N3O. The zero-order valence-corrected chi connectivity index (χ0v) is 15.4. The molecule has 0 aliphatic heterocycles. The minimum atomic E-state index is -0.0549. The van der Waals surface area contributed by atoms with Crippen molar-refractivity contribution in [2.75, 3.05) is 0 Å². The van der Waals surface area contributed by atoms with Crippen molar-refractivity contribution in [2.24, 2.45) is 7.05 Å². The monoisotopic (exact) mass is 355 g/mol. The summed E-state index contributed by atoms with van der Waals surface area (Å²) in [6.45, 7) is 0. The first-order valence-electron chi connectivity index (χ1n) is 9.37. The van der Waals surface area contributed by atoms with Gasteiger partial charge in [-0.2, -0.15) is 5.26 Å². The standard InChI is InChI=1S/C23H21N3O/c1-26-15-17(12-13-21(26)27)22-18-10-6-3-7-11-20(18)25-23(19(22)14-24)16-8-4-2-5-9-16/h2,4-5,8-9,12-13,15H,3,6-7,10-11H2,1H3. The van der Waals surface area contributed by atoms with Crippen molar-refractivity contribution in [3.05, 3.63) is 75.8 Å². The van der Waals surface area contributed by atoms with Crippen molar-refractivity contribution in [1.82, 2.24) is 9.55 Å². The average Bonchev–Trinajstić information content (AvgIpc) is 2.94. The van der Waals surface area contributed by atoms with Gasteiger partial charge in [0.1, 0.15) is 6.07 Å². The smallest absolute Gasteiger partial charge is 0.250 e. The number of pyridine rings is 2. The highest BCUT2D eigenvalue weighted by Crippen LogP contribution is 2.37. The quantitative estimate of drug-likeness (QED) is 0.646. The molecular weight excluding hydrogens is 334 g/mol. The van der Waals surface area contributed by atoms with Crippen LogP contribution in [0.4, 0.5) is 0 Å². The number of fused-ring (bicyclic) bond motifs is 1. The second kappa shape index (κ2) is 7.20. The SMILES string of the molecule is Cn1cc(-c2c(C#N)c(-c3ccccc3)nc3c2CCCCC3)ccc1=O. The molecule has 0 saturated heterocycles. The van der Waals surface area contributed by atoms with Gasteiger partial charge in [0.15, 0.2) is 0 Å². The van der Waals surface area contributed by atoms with Crippen molar-refractivity contribution >= 4 is 0 Å². The van der Waals surface area contributed by atoms with Gasteiger partial charge in [-0.25, -0.2) is 0 Å². The fourth-order valence-corrected chi connectivity index (χ4v) is 3.89. The highest BCUT2D eigenvalue weighted by atomic mass is 16.1. The summed E-state index contributed by atoms with van der Waals surface area (Å²) in [5.41, 5.74) is 6.35. The van der Waals surface area contributed by atoms with E-state index in [1.807, 2.05) is 42.6 Å². The van der Waals surface area contributed by atoms with Crippen molar-refractivity contribution in [3.63, 3.8) is 0 Å². The van der Waals surface area contributed by atoms with Crippen molar-refractivity contribution < 1.29 is 0 Å². The van der Waals surface area contributed by atoms with Crippen LogP contribution in [-0.4, -0.2) is 9.55 Å². The summed E-state index contributed by atoms with van der Waals surface area (Å²) in [5, 5.41) is 10.1. The Morgan fingerprint density at radius 1 is 1.00 bits per heavy atom. The lowest BCUT2D eigenvalue weighted by atomic mass is 9.89. The Labute approximate surface area is 158 Å². The van der Waals surface area contributed by atoms with E-state index in [2.05, 4.69) is 6.07 Å². The predicted molar refractivity (Wildman–Crippen MR) is 106 cm³/mol. The van der Waals surface area contributed by atoms with Crippen LogP contribution < -0.4 is 5.56 Å². The van der Waals surface area contributed by atoms with Gasteiger partial charge in [0.2, 0.25) is 5.56 Å². The summed E-state index contributed by atoms with van der Waals surface area (Å²) in [5.74, 6) is 0. The van der Waals surface area contributed by atoms with Crippen LogP contribution in [-0.2, 0) is 19.9 Å². The molecule has 1 aromatic carbocycles. The molecule has 3 aromatic rings. The second-order valence-corrected chi connectivity index (χ2v) is 7.04. The first-order chi connectivity index (χ1) is 13.2. The zero-order chi connectivity index (χ0) is 18.8. The summed E-state index contributed by atoms with van der Waals surface area (Å²) in [7, 11) is 1.75. The Kier molecular flexibility index (Phi) is 4.60. The molecule has 0 N–H and O–H groups in total. The summed E-state index contributed by atoms with van der Waals surface area (Å²) < 4.78 is 1.57. The van der Waals surface area contributed by atoms with Gasteiger partial charge >= 0.3 is 0 Å². The zero-order valence-electron chi connectivity index (χ0n) is 15.4. The van der Waals surface area contributed by atoms with Gasteiger partial charge < -0.3 is 4.57 Å². The molecule has 27 heavy (non-hydrogen) atoms. The number of hydrogen-bond donors (Lipinski definition) is 0. The summed E-state index contributed by atoms with van der Waals surface area (Å²) >= 11 is 0. The molecule has 0 amide bonds. The van der Waals surface area contributed by atoms with E-state index >= 15 is 0 Å². The van der Waals surface area contributed by atoms with E-state index in [1.165, 1.54) is 12.0 Å². The lowest BCUT2D eigenvalue weighted by molar-refractivity contribution is 0.709. The van der Waals surface area contributed by atoms with Crippen LogP contribution in [0.15, 0.2) is 53.5 Å². The van der Waals surface area contributed by atoms with E-state index in [0.29, 0.717) is 5.56 Å². The van der Waals surface area contributed by atoms with E-state index in [1.54, 1.807) is 17.7 Å². The number of nitrogens with zero attached hydrogens (tertiary/aromatic N) is 3. The summed E-state index contributed by atoms with van der Waals surface area (Å²) in [6.07, 6.45) is 7.07. The van der Waals surface area contributed by atoms with Gasteiger partial charge in [0, 0.05) is 36.1 Å². The van der Waals surface area contributed by atoms with Crippen LogP contribution in [0.1, 0.15) is 36.1 Å². The maximum atomic E-state index is 11.9. The summed E-state index contributed by atoms with van der Waals surface area (Å²) in [4.78, 5) is 16.8. The molecule has 134 valence electrons. The van der Waals surface area contributed by atoms with Gasteiger partial charge in [-0.05, 0) is 42.9 Å². The Morgan fingerprint density at radius 2 is 1.78 bits per heavy atom. The van der Waals surface area contributed by atoms with E-state index < -0.39 is 0 Å². The van der Waals surface area contributed by atoms with Crippen LogP contribution in [0, 0.1) is 11.3 Å². The highest BCUT2D eigenvalue weighted by molar-refractivity contribution is 5.82. The lowest BCUT2D eigenvalue weighted by Gasteiger charge is -2.18. The Hall–Kier alpha value is -3.19. The van der Waals surface area contributed by atoms with E-state index in [0.717, 1.165) is 53.8 Å². The molecule has 1 aliphatic rings. The fraction of sp³-hybridized carbons (Fsp3) is 0.261. The number of aromatic nitrogens is 2.